The smallest absolute Gasteiger partial charge is 0.0948 e. The fraction of sp³-hybridized carbons (Fsp3) is 0.700. The normalized spacial score (nSPS) is 13.6. The third kappa shape index (κ3) is 2.84. The maximum atomic E-state index is 5.80. The Morgan fingerprint density at radius 2 is 2.15 bits per heavy atom. The van der Waals surface area contributed by atoms with Gasteiger partial charge < -0.3 is 10.3 Å². The molecule has 1 rings (SSSR count). The molecule has 0 aliphatic heterocycles. The highest BCUT2D eigenvalue weighted by molar-refractivity contribution is 5.02. The fourth-order valence-electron chi connectivity index (χ4n) is 1.29. The van der Waals surface area contributed by atoms with Crippen molar-refractivity contribution in [2.24, 2.45) is 11.7 Å². The number of aromatic nitrogens is 2. The van der Waals surface area contributed by atoms with Crippen molar-refractivity contribution in [3.8, 4) is 0 Å². The zero-order valence-electron chi connectivity index (χ0n) is 8.70. The Balaban J connectivity index is 2.60. The van der Waals surface area contributed by atoms with Gasteiger partial charge in [-0.1, -0.05) is 13.8 Å². The molecular weight excluding hydrogens is 162 g/mol. The van der Waals surface area contributed by atoms with Crippen LogP contribution in [0.5, 0.6) is 0 Å². The number of hydrogen-bond acceptors (Lipinski definition) is 2. The first-order chi connectivity index (χ1) is 6.11. The molecule has 1 unspecified atom stereocenters. The summed E-state index contributed by atoms with van der Waals surface area (Å²) in [5, 5.41) is 0. The van der Waals surface area contributed by atoms with E-state index in [1.807, 2.05) is 19.4 Å². The zero-order chi connectivity index (χ0) is 9.84. The highest BCUT2D eigenvalue weighted by atomic mass is 15.1. The molecular formula is C10H19N3. The van der Waals surface area contributed by atoms with E-state index in [9.17, 15) is 0 Å². The number of aryl methyl sites for hydroxylation is 1. The molecule has 1 aromatic rings. The van der Waals surface area contributed by atoms with Crippen molar-refractivity contribution in [3.05, 3.63) is 18.2 Å². The van der Waals surface area contributed by atoms with Gasteiger partial charge in [0, 0.05) is 18.8 Å². The summed E-state index contributed by atoms with van der Waals surface area (Å²) in [6, 6.07) is 0.0784. The lowest BCUT2D eigenvalue weighted by atomic mass is 10.1. The molecule has 1 atom stereocenters. The van der Waals surface area contributed by atoms with E-state index in [1.54, 1.807) is 0 Å². The molecule has 1 heterocycles. The molecule has 0 radical (unpaired) electrons. The minimum Gasteiger partial charge on any atom is -0.333 e. The monoisotopic (exact) mass is 181 g/mol. The van der Waals surface area contributed by atoms with Gasteiger partial charge in [-0.15, -0.1) is 0 Å². The SMILES string of the molecule is CC(C)CCn1cncc1C(C)N. The van der Waals surface area contributed by atoms with Gasteiger partial charge in [-0.05, 0) is 19.3 Å². The summed E-state index contributed by atoms with van der Waals surface area (Å²) in [5.41, 5.74) is 6.93. The van der Waals surface area contributed by atoms with E-state index in [0.717, 1.165) is 18.2 Å². The third-order valence-electron chi connectivity index (χ3n) is 2.16. The van der Waals surface area contributed by atoms with Crippen molar-refractivity contribution in [1.29, 1.82) is 0 Å². The average Bonchev–Trinajstić information content (AvgIpc) is 2.47. The Kier molecular flexibility index (Phi) is 3.48. The first kappa shape index (κ1) is 10.3. The van der Waals surface area contributed by atoms with Crippen LogP contribution in [0.4, 0.5) is 0 Å². The van der Waals surface area contributed by atoms with Crippen molar-refractivity contribution < 1.29 is 0 Å². The van der Waals surface area contributed by atoms with E-state index < -0.39 is 0 Å². The van der Waals surface area contributed by atoms with E-state index >= 15 is 0 Å². The van der Waals surface area contributed by atoms with Crippen LogP contribution in [0.3, 0.4) is 0 Å². The molecule has 3 nitrogen and oxygen atoms in total. The summed E-state index contributed by atoms with van der Waals surface area (Å²) in [7, 11) is 0. The van der Waals surface area contributed by atoms with Crippen molar-refractivity contribution in [2.45, 2.75) is 39.8 Å². The van der Waals surface area contributed by atoms with Crippen LogP contribution in [0.15, 0.2) is 12.5 Å². The van der Waals surface area contributed by atoms with Gasteiger partial charge in [0.1, 0.15) is 0 Å². The summed E-state index contributed by atoms with van der Waals surface area (Å²) in [6.07, 6.45) is 4.89. The van der Waals surface area contributed by atoms with E-state index in [1.165, 1.54) is 6.42 Å². The molecule has 0 aliphatic rings. The molecule has 0 saturated heterocycles. The predicted octanol–water partition coefficient (Wildman–Crippen LogP) is 1.95. The van der Waals surface area contributed by atoms with Gasteiger partial charge in [0.2, 0.25) is 0 Å². The zero-order valence-corrected chi connectivity index (χ0v) is 8.70. The van der Waals surface area contributed by atoms with Crippen molar-refractivity contribution in [3.63, 3.8) is 0 Å². The standard InChI is InChI=1S/C10H19N3/c1-8(2)4-5-13-7-12-6-10(13)9(3)11/h6-9H,4-5,11H2,1-3H3. The fourth-order valence-corrected chi connectivity index (χ4v) is 1.29. The lowest BCUT2D eigenvalue weighted by Gasteiger charge is -2.11. The van der Waals surface area contributed by atoms with Gasteiger partial charge >= 0.3 is 0 Å². The van der Waals surface area contributed by atoms with Crippen LogP contribution in [0, 0.1) is 5.92 Å². The van der Waals surface area contributed by atoms with Gasteiger partial charge in [0.15, 0.2) is 0 Å². The number of rotatable bonds is 4. The summed E-state index contributed by atoms with van der Waals surface area (Å²) in [4.78, 5) is 4.10. The number of imidazole rings is 1. The summed E-state index contributed by atoms with van der Waals surface area (Å²) in [6.45, 7) is 7.46. The molecule has 0 aromatic carbocycles. The van der Waals surface area contributed by atoms with E-state index in [0.29, 0.717) is 0 Å². The van der Waals surface area contributed by atoms with Gasteiger partial charge in [0.25, 0.3) is 0 Å². The first-order valence-corrected chi connectivity index (χ1v) is 4.87. The van der Waals surface area contributed by atoms with Crippen LogP contribution in [0.1, 0.15) is 38.9 Å². The maximum Gasteiger partial charge on any atom is 0.0948 e. The van der Waals surface area contributed by atoms with Crippen LogP contribution in [-0.4, -0.2) is 9.55 Å². The van der Waals surface area contributed by atoms with Crippen LogP contribution < -0.4 is 5.73 Å². The third-order valence-corrected chi connectivity index (χ3v) is 2.16. The molecule has 0 bridgehead atoms. The number of nitrogens with two attached hydrogens (primary N) is 1. The van der Waals surface area contributed by atoms with Crippen molar-refractivity contribution in [1.82, 2.24) is 9.55 Å². The lowest BCUT2D eigenvalue weighted by molar-refractivity contribution is 0.500. The minimum atomic E-state index is 0.0784. The second-order valence-electron chi connectivity index (χ2n) is 3.98. The molecule has 1 aromatic heterocycles. The van der Waals surface area contributed by atoms with E-state index in [4.69, 9.17) is 5.73 Å². The first-order valence-electron chi connectivity index (χ1n) is 4.87. The van der Waals surface area contributed by atoms with Gasteiger partial charge in [-0.25, -0.2) is 4.98 Å². The van der Waals surface area contributed by atoms with Crippen LogP contribution in [0.25, 0.3) is 0 Å². The van der Waals surface area contributed by atoms with E-state index in [-0.39, 0.29) is 6.04 Å². The van der Waals surface area contributed by atoms with Crippen molar-refractivity contribution in [2.75, 3.05) is 0 Å². The minimum absolute atomic E-state index is 0.0784. The highest BCUT2D eigenvalue weighted by Crippen LogP contribution is 2.11. The molecule has 3 heteroatoms. The largest absolute Gasteiger partial charge is 0.333 e. The van der Waals surface area contributed by atoms with Gasteiger partial charge in [-0.2, -0.15) is 0 Å². The highest BCUT2D eigenvalue weighted by Gasteiger charge is 2.06. The molecule has 0 saturated carbocycles. The van der Waals surface area contributed by atoms with E-state index in [2.05, 4.69) is 23.4 Å². The Morgan fingerprint density at radius 3 is 2.69 bits per heavy atom. The van der Waals surface area contributed by atoms with Crippen LogP contribution in [-0.2, 0) is 6.54 Å². The quantitative estimate of drug-likeness (QED) is 0.771. The Morgan fingerprint density at radius 1 is 1.46 bits per heavy atom. The van der Waals surface area contributed by atoms with Crippen LogP contribution in [0.2, 0.25) is 0 Å². The van der Waals surface area contributed by atoms with Gasteiger partial charge in [-0.3, -0.25) is 0 Å². The van der Waals surface area contributed by atoms with Crippen molar-refractivity contribution >= 4 is 0 Å². The summed E-state index contributed by atoms with van der Waals surface area (Å²) < 4.78 is 2.14. The second-order valence-corrected chi connectivity index (χ2v) is 3.98. The molecule has 0 spiro atoms. The Hall–Kier alpha value is -0.830. The molecule has 0 fully saturated rings. The maximum absolute atomic E-state index is 5.80. The Labute approximate surface area is 80.0 Å². The molecule has 74 valence electrons. The molecule has 0 aliphatic carbocycles. The average molecular weight is 181 g/mol. The number of nitrogens with zero attached hydrogens (tertiary/aromatic N) is 2. The Bertz CT molecular complexity index is 250. The summed E-state index contributed by atoms with van der Waals surface area (Å²) >= 11 is 0. The number of hydrogen-bond donors (Lipinski definition) is 1. The van der Waals surface area contributed by atoms with Gasteiger partial charge in [0.05, 0.1) is 12.0 Å². The molecule has 0 amide bonds. The summed E-state index contributed by atoms with van der Waals surface area (Å²) in [5.74, 6) is 0.725. The molecule has 2 N–H and O–H groups in total. The lowest BCUT2D eigenvalue weighted by Crippen LogP contribution is -2.12. The second kappa shape index (κ2) is 4.42. The van der Waals surface area contributed by atoms with Crippen LogP contribution >= 0.6 is 0 Å². The topological polar surface area (TPSA) is 43.8 Å². The predicted molar refractivity (Wildman–Crippen MR) is 54.3 cm³/mol. The molecule has 13 heavy (non-hydrogen) atoms.